The Morgan fingerprint density at radius 3 is 3.07 bits per heavy atom. The molecule has 0 aliphatic heterocycles. The molecule has 1 aromatic heterocycles. The van der Waals surface area contributed by atoms with Crippen LogP contribution in [-0.4, -0.2) is 18.1 Å². The molecule has 0 saturated heterocycles. The number of esters is 1. The van der Waals surface area contributed by atoms with Crippen LogP contribution in [0.15, 0.2) is 18.2 Å². The highest BCUT2D eigenvalue weighted by Gasteiger charge is 2.13. The molecule has 2 aromatic rings. The molecular formula is C10H10N2O2S. The van der Waals surface area contributed by atoms with E-state index < -0.39 is 0 Å². The van der Waals surface area contributed by atoms with Gasteiger partial charge in [-0.05, 0) is 12.1 Å². The van der Waals surface area contributed by atoms with Crippen LogP contribution in [0.3, 0.4) is 0 Å². The van der Waals surface area contributed by atoms with Crippen molar-refractivity contribution in [2.75, 3.05) is 7.11 Å². The summed E-state index contributed by atoms with van der Waals surface area (Å²) in [6.07, 6.45) is 0. The zero-order chi connectivity index (χ0) is 10.8. The number of nitrogens with zero attached hydrogens (tertiary/aromatic N) is 1. The third kappa shape index (κ3) is 1.71. The van der Waals surface area contributed by atoms with Crippen molar-refractivity contribution in [3.8, 4) is 0 Å². The van der Waals surface area contributed by atoms with Crippen molar-refractivity contribution in [3.63, 3.8) is 0 Å². The first-order chi connectivity index (χ1) is 7.26. The topological polar surface area (TPSA) is 65.2 Å². The number of hydrogen-bond acceptors (Lipinski definition) is 5. The minimum absolute atomic E-state index is 0.366. The molecule has 2 N–H and O–H groups in total. The van der Waals surface area contributed by atoms with Gasteiger partial charge >= 0.3 is 5.97 Å². The molecule has 0 bridgehead atoms. The summed E-state index contributed by atoms with van der Waals surface area (Å²) in [6.45, 7) is 0.389. The van der Waals surface area contributed by atoms with Crippen LogP contribution in [0, 0.1) is 0 Å². The normalized spacial score (nSPS) is 10.5. The van der Waals surface area contributed by atoms with Crippen LogP contribution < -0.4 is 5.73 Å². The zero-order valence-corrected chi connectivity index (χ0v) is 9.00. The first-order valence-corrected chi connectivity index (χ1v) is 5.24. The second kappa shape index (κ2) is 3.96. The molecule has 0 unspecified atom stereocenters. The number of carbonyl (C=O) groups excluding carboxylic acids is 1. The van der Waals surface area contributed by atoms with Gasteiger partial charge in [0.15, 0.2) is 0 Å². The van der Waals surface area contributed by atoms with E-state index in [1.807, 2.05) is 12.1 Å². The van der Waals surface area contributed by atoms with Gasteiger partial charge in [-0.1, -0.05) is 6.07 Å². The highest BCUT2D eigenvalue weighted by molar-refractivity contribution is 7.18. The van der Waals surface area contributed by atoms with E-state index in [9.17, 15) is 4.79 Å². The van der Waals surface area contributed by atoms with Crippen LogP contribution in [-0.2, 0) is 11.3 Å². The number of thiazole rings is 1. The summed E-state index contributed by atoms with van der Waals surface area (Å²) in [4.78, 5) is 15.7. The molecule has 0 aliphatic carbocycles. The summed E-state index contributed by atoms with van der Waals surface area (Å²) in [5.41, 5.74) is 6.67. The van der Waals surface area contributed by atoms with Gasteiger partial charge in [-0.2, -0.15) is 0 Å². The van der Waals surface area contributed by atoms with E-state index in [0.717, 1.165) is 9.71 Å². The van der Waals surface area contributed by atoms with Gasteiger partial charge in [0, 0.05) is 6.54 Å². The quantitative estimate of drug-likeness (QED) is 0.783. The largest absolute Gasteiger partial charge is 0.465 e. The molecule has 1 heterocycles. The van der Waals surface area contributed by atoms with Gasteiger partial charge in [0.05, 0.1) is 22.9 Å². The van der Waals surface area contributed by atoms with E-state index in [4.69, 9.17) is 5.73 Å². The number of methoxy groups -OCH3 is 1. The Bertz CT molecular complexity index is 507. The molecule has 0 spiro atoms. The molecule has 5 heteroatoms. The molecule has 0 saturated carbocycles. The van der Waals surface area contributed by atoms with Crippen LogP contribution in [0.1, 0.15) is 15.4 Å². The van der Waals surface area contributed by atoms with Crippen molar-refractivity contribution in [1.29, 1.82) is 0 Å². The van der Waals surface area contributed by atoms with Gasteiger partial charge in [0.1, 0.15) is 5.01 Å². The number of carbonyl (C=O) groups is 1. The van der Waals surface area contributed by atoms with E-state index in [1.54, 1.807) is 6.07 Å². The molecule has 15 heavy (non-hydrogen) atoms. The van der Waals surface area contributed by atoms with Crippen molar-refractivity contribution in [2.45, 2.75) is 6.54 Å². The number of rotatable bonds is 2. The average Bonchev–Trinajstić information content (AvgIpc) is 2.70. The Hall–Kier alpha value is -1.46. The fourth-order valence-electron chi connectivity index (χ4n) is 1.36. The van der Waals surface area contributed by atoms with Gasteiger partial charge < -0.3 is 10.5 Å². The first kappa shape index (κ1) is 10.1. The lowest BCUT2D eigenvalue weighted by Gasteiger charge is -1.98. The predicted octanol–water partition coefficient (Wildman–Crippen LogP) is 1.54. The van der Waals surface area contributed by atoms with Gasteiger partial charge in [-0.25, -0.2) is 9.78 Å². The molecule has 78 valence electrons. The van der Waals surface area contributed by atoms with Crippen LogP contribution in [0.25, 0.3) is 10.2 Å². The summed E-state index contributed by atoms with van der Waals surface area (Å²) in [5, 5.41) is 0.821. The lowest BCUT2D eigenvalue weighted by atomic mass is 10.2. The molecule has 0 aliphatic rings. The lowest BCUT2D eigenvalue weighted by molar-refractivity contribution is 0.0603. The Kier molecular flexibility index (Phi) is 2.66. The van der Waals surface area contributed by atoms with E-state index in [1.165, 1.54) is 18.4 Å². The maximum Gasteiger partial charge on any atom is 0.340 e. The summed E-state index contributed by atoms with van der Waals surface area (Å²) in [6, 6.07) is 5.43. The zero-order valence-electron chi connectivity index (χ0n) is 8.19. The smallest absolute Gasteiger partial charge is 0.340 e. The Labute approximate surface area is 90.7 Å². The van der Waals surface area contributed by atoms with Gasteiger partial charge in [0.2, 0.25) is 0 Å². The first-order valence-electron chi connectivity index (χ1n) is 4.43. The molecule has 0 radical (unpaired) electrons. The van der Waals surface area contributed by atoms with Crippen molar-refractivity contribution in [2.24, 2.45) is 5.73 Å². The lowest BCUT2D eigenvalue weighted by Crippen LogP contribution is -2.02. The molecular weight excluding hydrogens is 212 g/mol. The standard InChI is InChI=1S/C10H10N2O2S/c1-14-10(13)6-3-2-4-7-9(6)12-8(5-11)15-7/h2-4H,5,11H2,1H3. The number of aromatic nitrogens is 1. The van der Waals surface area contributed by atoms with Gasteiger partial charge in [0.25, 0.3) is 0 Å². The highest BCUT2D eigenvalue weighted by Crippen LogP contribution is 2.25. The van der Waals surface area contributed by atoms with E-state index in [2.05, 4.69) is 9.72 Å². The SMILES string of the molecule is COC(=O)c1cccc2sc(CN)nc12. The van der Waals surface area contributed by atoms with Crippen molar-refractivity contribution < 1.29 is 9.53 Å². The van der Waals surface area contributed by atoms with Gasteiger partial charge in [-0.3, -0.25) is 0 Å². The van der Waals surface area contributed by atoms with Crippen LogP contribution in [0.4, 0.5) is 0 Å². The number of fused-ring (bicyclic) bond motifs is 1. The van der Waals surface area contributed by atoms with E-state index in [-0.39, 0.29) is 5.97 Å². The minimum atomic E-state index is -0.366. The third-order valence-corrected chi connectivity index (χ3v) is 3.09. The molecule has 4 nitrogen and oxygen atoms in total. The fraction of sp³-hybridized carbons (Fsp3) is 0.200. The van der Waals surface area contributed by atoms with Crippen molar-refractivity contribution in [3.05, 3.63) is 28.8 Å². The third-order valence-electron chi connectivity index (χ3n) is 2.04. The average molecular weight is 222 g/mol. The van der Waals surface area contributed by atoms with Crippen LogP contribution in [0.2, 0.25) is 0 Å². The monoisotopic (exact) mass is 222 g/mol. The fourth-order valence-corrected chi connectivity index (χ4v) is 2.23. The predicted molar refractivity (Wildman–Crippen MR) is 58.9 cm³/mol. The summed E-state index contributed by atoms with van der Waals surface area (Å²) >= 11 is 1.50. The molecule has 1 aromatic carbocycles. The minimum Gasteiger partial charge on any atom is -0.465 e. The maximum atomic E-state index is 11.4. The van der Waals surface area contributed by atoms with Crippen molar-refractivity contribution >= 4 is 27.5 Å². The number of benzene rings is 1. The number of nitrogens with two attached hydrogens (primary N) is 1. The maximum absolute atomic E-state index is 11.4. The van der Waals surface area contributed by atoms with E-state index >= 15 is 0 Å². The summed E-state index contributed by atoms with van der Waals surface area (Å²) < 4.78 is 5.64. The van der Waals surface area contributed by atoms with Crippen LogP contribution in [0.5, 0.6) is 0 Å². The molecule has 0 fully saturated rings. The van der Waals surface area contributed by atoms with E-state index in [0.29, 0.717) is 17.6 Å². The summed E-state index contributed by atoms with van der Waals surface area (Å²) in [5.74, 6) is -0.366. The molecule has 2 rings (SSSR count). The number of ether oxygens (including phenoxy) is 1. The highest BCUT2D eigenvalue weighted by atomic mass is 32.1. The van der Waals surface area contributed by atoms with Crippen molar-refractivity contribution in [1.82, 2.24) is 4.98 Å². The Morgan fingerprint density at radius 2 is 2.40 bits per heavy atom. The second-order valence-electron chi connectivity index (χ2n) is 2.96. The number of para-hydroxylation sites is 1. The molecule has 0 amide bonds. The molecule has 0 atom stereocenters. The van der Waals surface area contributed by atoms with Crippen LogP contribution >= 0.6 is 11.3 Å². The Balaban J connectivity index is 2.64. The summed E-state index contributed by atoms with van der Waals surface area (Å²) in [7, 11) is 1.36. The number of hydrogen-bond donors (Lipinski definition) is 1. The van der Waals surface area contributed by atoms with Gasteiger partial charge in [-0.15, -0.1) is 11.3 Å². The second-order valence-corrected chi connectivity index (χ2v) is 4.07. The Morgan fingerprint density at radius 1 is 1.60 bits per heavy atom.